The number of carbonyl (C=O) groups is 2. The predicted molar refractivity (Wildman–Crippen MR) is 107 cm³/mol. The van der Waals surface area contributed by atoms with E-state index in [1.807, 2.05) is 6.92 Å². The minimum Gasteiger partial charge on any atom is -0.493 e. The fourth-order valence-corrected chi connectivity index (χ4v) is 3.21. The van der Waals surface area contributed by atoms with Gasteiger partial charge in [0.1, 0.15) is 5.75 Å². The molecule has 1 atom stereocenters. The Morgan fingerprint density at radius 1 is 1.43 bits per heavy atom. The average molecular weight is 414 g/mol. The van der Waals surface area contributed by atoms with Crippen molar-refractivity contribution in [1.82, 2.24) is 10.2 Å². The van der Waals surface area contributed by atoms with Crippen LogP contribution < -0.4 is 15.8 Å². The first-order valence-electron chi connectivity index (χ1n) is 9.46. The van der Waals surface area contributed by atoms with Gasteiger partial charge in [-0.2, -0.15) is 0 Å². The number of morpholine rings is 1. The Balaban J connectivity index is 1.85. The molecule has 0 spiro atoms. The van der Waals surface area contributed by atoms with E-state index in [-0.39, 0.29) is 18.4 Å². The molecule has 28 heavy (non-hydrogen) atoms. The number of unbranched alkanes of at least 4 members (excludes halogenated alkanes) is 1. The van der Waals surface area contributed by atoms with E-state index >= 15 is 0 Å². The summed E-state index contributed by atoms with van der Waals surface area (Å²) in [6.07, 6.45) is 1.55. The van der Waals surface area contributed by atoms with E-state index in [1.165, 1.54) is 6.07 Å². The van der Waals surface area contributed by atoms with Gasteiger partial charge in [-0.05, 0) is 32.4 Å². The molecule has 1 aromatic carbocycles. The Hall–Kier alpha value is -2.03. The molecule has 2 rings (SSSR count). The zero-order chi connectivity index (χ0) is 20.5. The van der Waals surface area contributed by atoms with E-state index in [1.54, 1.807) is 6.07 Å². The summed E-state index contributed by atoms with van der Waals surface area (Å²) in [6, 6.07) is 3.06. The first kappa shape index (κ1) is 22.3. The Kier molecular flexibility index (Phi) is 8.82. The maximum absolute atomic E-state index is 12.6. The van der Waals surface area contributed by atoms with Gasteiger partial charge in [0, 0.05) is 32.1 Å². The van der Waals surface area contributed by atoms with Gasteiger partial charge in [0.2, 0.25) is 0 Å². The highest BCUT2D eigenvalue weighted by molar-refractivity contribution is 6.33. The van der Waals surface area contributed by atoms with Gasteiger partial charge in [-0.1, -0.05) is 11.6 Å². The van der Waals surface area contributed by atoms with E-state index in [0.717, 1.165) is 19.5 Å². The third kappa shape index (κ3) is 6.85. The van der Waals surface area contributed by atoms with Crippen LogP contribution in [-0.2, 0) is 9.53 Å². The second-order valence-electron chi connectivity index (χ2n) is 6.66. The molecule has 1 fully saturated rings. The molecule has 1 aliphatic rings. The third-order valence-corrected chi connectivity index (χ3v) is 4.80. The number of hydrogen-bond donors (Lipinski definition) is 3. The number of nitrogens with one attached hydrogen (secondary N) is 1. The van der Waals surface area contributed by atoms with Gasteiger partial charge in [-0.25, -0.2) is 0 Å². The number of nitrogen functional groups attached to an aromatic ring is 1. The number of carboxylic acid groups (broad SMARTS) is 1. The van der Waals surface area contributed by atoms with E-state index in [9.17, 15) is 9.59 Å². The minimum atomic E-state index is -0.767. The molecule has 1 saturated heterocycles. The molecule has 9 heteroatoms. The van der Waals surface area contributed by atoms with Crippen molar-refractivity contribution in [3.8, 4) is 5.75 Å². The first-order chi connectivity index (χ1) is 13.4. The number of halogens is 1. The van der Waals surface area contributed by atoms with Crippen LogP contribution in [0.5, 0.6) is 5.75 Å². The van der Waals surface area contributed by atoms with E-state index in [4.69, 9.17) is 31.9 Å². The van der Waals surface area contributed by atoms with Crippen LogP contribution in [0.4, 0.5) is 5.69 Å². The molecule has 1 aliphatic heterocycles. The topological polar surface area (TPSA) is 114 Å². The van der Waals surface area contributed by atoms with Gasteiger partial charge < -0.3 is 25.6 Å². The number of nitrogens with two attached hydrogens (primary N) is 1. The number of carbonyl (C=O) groups excluding carboxylic acids is 1. The second kappa shape index (κ2) is 11.1. The molecule has 1 aromatic rings. The summed E-state index contributed by atoms with van der Waals surface area (Å²) in [4.78, 5) is 25.4. The number of nitrogens with zero attached hydrogens (tertiary/aromatic N) is 1. The molecule has 0 aliphatic carbocycles. The molecule has 1 amide bonds. The number of anilines is 1. The molecule has 4 N–H and O–H groups in total. The molecular weight excluding hydrogens is 386 g/mol. The summed E-state index contributed by atoms with van der Waals surface area (Å²) < 4.78 is 11.2. The summed E-state index contributed by atoms with van der Waals surface area (Å²) in [5.74, 6) is -0.671. The van der Waals surface area contributed by atoms with Crippen molar-refractivity contribution in [2.45, 2.75) is 32.3 Å². The lowest BCUT2D eigenvalue weighted by Crippen LogP contribution is -2.47. The Labute approximate surface area is 169 Å². The Morgan fingerprint density at radius 3 is 2.93 bits per heavy atom. The van der Waals surface area contributed by atoms with Gasteiger partial charge in [0.05, 0.1) is 35.6 Å². The van der Waals surface area contributed by atoms with E-state index in [0.29, 0.717) is 54.7 Å². The normalized spacial score (nSPS) is 17.3. The van der Waals surface area contributed by atoms with Crippen LogP contribution >= 0.6 is 11.6 Å². The first-order valence-corrected chi connectivity index (χ1v) is 9.84. The molecule has 1 heterocycles. The van der Waals surface area contributed by atoms with Gasteiger partial charge >= 0.3 is 5.97 Å². The average Bonchev–Trinajstić information content (AvgIpc) is 2.66. The highest BCUT2D eigenvalue weighted by Crippen LogP contribution is 2.29. The second-order valence-corrected chi connectivity index (χ2v) is 7.06. The standard InChI is InChI=1S/C19H28ClN3O5/c1-2-27-17-10-16(21)15(20)9-14(17)19(26)22-11-13-12-23(7-8-28-13)6-4-3-5-18(24)25/h9-10,13H,2-8,11-12,21H2,1H3,(H,22,26)(H,24,25)/t13-/m0/s1. The lowest BCUT2D eigenvalue weighted by Gasteiger charge is -2.33. The van der Waals surface area contributed by atoms with Crippen LogP contribution in [0.25, 0.3) is 0 Å². The van der Waals surface area contributed by atoms with Crippen molar-refractivity contribution in [2.75, 3.05) is 45.1 Å². The predicted octanol–water partition coefficient (Wildman–Crippen LogP) is 2.01. The molecular formula is C19H28ClN3O5. The number of hydrogen-bond acceptors (Lipinski definition) is 6. The molecule has 0 aromatic heterocycles. The van der Waals surface area contributed by atoms with Crippen molar-refractivity contribution in [3.63, 3.8) is 0 Å². The molecule has 156 valence electrons. The van der Waals surface area contributed by atoms with E-state index in [2.05, 4.69) is 10.2 Å². The molecule has 8 nitrogen and oxygen atoms in total. The van der Waals surface area contributed by atoms with Gasteiger partial charge in [0.15, 0.2) is 0 Å². The van der Waals surface area contributed by atoms with Gasteiger partial charge in [-0.15, -0.1) is 0 Å². The number of carboxylic acids is 1. The zero-order valence-electron chi connectivity index (χ0n) is 16.1. The fourth-order valence-electron chi connectivity index (χ4n) is 3.04. The van der Waals surface area contributed by atoms with Crippen molar-refractivity contribution in [3.05, 3.63) is 22.7 Å². The Bertz CT molecular complexity index is 686. The van der Waals surface area contributed by atoms with Crippen LogP contribution in [0.2, 0.25) is 5.02 Å². The maximum Gasteiger partial charge on any atom is 0.303 e. The summed E-state index contributed by atoms with van der Waals surface area (Å²) in [7, 11) is 0. The SMILES string of the molecule is CCOc1cc(N)c(Cl)cc1C(=O)NC[C@H]1CN(CCCCC(=O)O)CCO1. The lowest BCUT2D eigenvalue weighted by atomic mass is 10.1. The van der Waals surface area contributed by atoms with Crippen LogP contribution in [0.3, 0.4) is 0 Å². The van der Waals surface area contributed by atoms with Gasteiger partial charge in [0.25, 0.3) is 5.91 Å². The summed E-state index contributed by atoms with van der Waals surface area (Å²) in [6.45, 7) is 5.49. The monoisotopic (exact) mass is 413 g/mol. The van der Waals surface area contributed by atoms with Crippen LogP contribution in [-0.4, -0.2) is 67.4 Å². The number of ether oxygens (including phenoxy) is 2. The number of aliphatic carboxylic acids is 1. The smallest absolute Gasteiger partial charge is 0.303 e. The van der Waals surface area contributed by atoms with Crippen LogP contribution in [0.1, 0.15) is 36.5 Å². The maximum atomic E-state index is 12.6. The zero-order valence-corrected chi connectivity index (χ0v) is 16.8. The fraction of sp³-hybridized carbons (Fsp3) is 0.579. The quantitative estimate of drug-likeness (QED) is 0.397. The lowest BCUT2D eigenvalue weighted by molar-refractivity contribution is -0.137. The Morgan fingerprint density at radius 2 is 2.21 bits per heavy atom. The summed E-state index contributed by atoms with van der Waals surface area (Å²) in [5, 5.41) is 11.9. The summed E-state index contributed by atoms with van der Waals surface area (Å²) >= 11 is 6.05. The minimum absolute atomic E-state index is 0.128. The number of benzene rings is 1. The van der Waals surface area contributed by atoms with Crippen LogP contribution in [0.15, 0.2) is 12.1 Å². The molecule has 0 bridgehead atoms. The number of amides is 1. The highest BCUT2D eigenvalue weighted by Gasteiger charge is 2.22. The van der Waals surface area contributed by atoms with Crippen molar-refractivity contribution < 1.29 is 24.2 Å². The van der Waals surface area contributed by atoms with Crippen molar-refractivity contribution in [1.29, 1.82) is 0 Å². The third-order valence-electron chi connectivity index (χ3n) is 4.47. The van der Waals surface area contributed by atoms with Crippen LogP contribution in [0, 0.1) is 0 Å². The molecule has 0 saturated carbocycles. The summed E-state index contributed by atoms with van der Waals surface area (Å²) in [5.41, 5.74) is 6.48. The van der Waals surface area contributed by atoms with E-state index < -0.39 is 5.97 Å². The largest absolute Gasteiger partial charge is 0.493 e. The van der Waals surface area contributed by atoms with Crippen molar-refractivity contribution >= 4 is 29.2 Å². The molecule has 0 unspecified atom stereocenters. The number of rotatable bonds is 10. The highest BCUT2D eigenvalue weighted by atomic mass is 35.5. The van der Waals surface area contributed by atoms with Crippen molar-refractivity contribution in [2.24, 2.45) is 0 Å². The van der Waals surface area contributed by atoms with Gasteiger partial charge in [-0.3, -0.25) is 14.5 Å². The molecule has 0 radical (unpaired) electrons.